The van der Waals surface area contributed by atoms with Gasteiger partial charge in [-0.2, -0.15) is 0 Å². The number of benzene rings is 1. The van der Waals surface area contributed by atoms with E-state index in [1.165, 1.54) is 12.1 Å². The number of H-pyrrole nitrogens is 1. The van der Waals surface area contributed by atoms with Crippen LogP contribution in [0.25, 0.3) is 11.3 Å². The van der Waals surface area contributed by atoms with Crippen LogP contribution in [0.2, 0.25) is 0 Å². The van der Waals surface area contributed by atoms with Gasteiger partial charge in [-0.1, -0.05) is 0 Å². The highest BCUT2D eigenvalue weighted by Crippen LogP contribution is 2.46. The van der Waals surface area contributed by atoms with E-state index in [9.17, 15) is 13.6 Å². The minimum atomic E-state index is -0.615. The van der Waals surface area contributed by atoms with Crippen molar-refractivity contribution in [3.05, 3.63) is 47.2 Å². The minimum Gasteiger partial charge on any atom is -0.360 e. The predicted octanol–water partition coefficient (Wildman–Crippen LogP) is 3.65. The molecule has 0 saturated heterocycles. The summed E-state index contributed by atoms with van der Waals surface area (Å²) in [7, 11) is 0. The van der Waals surface area contributed by atoms with Gasteiger partial charge in [0.15, 0.2) is 6.29 Å². The second kappa shape index (κ2) is 4.05. The molecule has 1 aliphatic rings. The fourth-order valence-corrected chi connectivity index (χ4v) is 2.27. The lowest BCUT2D eigenvalue weighted by Crippen LogP contribution is -1.92. The molecule has 0 bridgehead atoms. The van der Waals surface area contributed by atoms with Gasteiger partial charge < -0.3 is 4.98 Å². The van der Waals surface area contributed by atoms with Crippen LogP contribution in [0.5, 0.6) is 0 Å². The lowest BCUT2D eigenvalue weighted by Gasteiger charge is -2.05. The van der Waals surface area contributed by atoms with E-state index in [0.29, 0.717) is 22.7 Å². The second-order valence-corrected chi connectivity index (χ2v) is 4.55. The second-order valence-electron chi connectivity index (χ2n) is 4.55. The normalized spacial score (nSPS) is 14.8. The summed E-state index contributed by atoms with van der Waals surface area (Å²) in [5, 5.41) is 0. The van der Waals surface area contributed by atoms with Crippen LogP contribution in [0.3, 0.4) is 0 Å². The van der Waals surface area contributed by atoms with Gasteiger partial charge in [-0.05, 0) is 36.5 Å². The molecule has 3 rings (SSSR count). The number of aromatic amines is 1. The third-order valence-corrected chi connectivity index (χ3v) is 3.27. The Kier molecular flexibility index (Phi) is 2.51. The van der Waals surface area contributed by atoms with Gasteiger partial charge in [0.25, 0.3) is 0 Å². The molecule has 2 aromatic rings. The quantitative estimate of drug-likeness (QED) is 0.825. The van der Waals surface area contributed by atoms with Gasteiger partial charge in [0.2, 0.25) is 0 Å². The molecule has 1 aromatic carbocycles. The SMILES string of the molecule is O=Cc1c[nH]c(-c2ccc(F)cc2F)c1C1CC1. The lowest BCUT2D eigenvalue weighted by molar-refractivity contribution is 0.112. The van der Waals surface area contributed by atoms with E-state index >= 15 is 0 Å². The molecule has 0 radical (unpaired) electrons. The number of carbonyl (C=O) groups is 1. The van der Waals surface area contributed by atoms with Crippen molar-refractivity contribution in [3.63, 3.8) is 0 Å². The monoisotopic (exact) mass is 247 g/mol. The Labute approximate surface area is 103 Å². The van der Waals surface area contributed by atoms with Crippen molar-refractivity contribution >= 4 is 6.29 Å². The van der Waals surface area contributed by atoms with Crippen LogP contribution in [-0.4, -0.2) is 11.3 Å². The number of aromatic nitrogens is 1. The molecule has 18 heavy (non-hydrogen) atoms. The molecule has 1 fully saturated rings. The van der Waals surface area contributed by atoms with Crippen molar-refractivity contribution in [2.24, 2.45) is 0 Å². The van der Waals surface area contributed by atoms with E-state index in [0.717, 1.165) is 30.8 Å². The van der Waals surface area contributed by atoms with Gasteiger partial charge in [0.05, 0.1) is 5.69 Å². The molecule has 0 aliphatic heterocycles. The van der Waals surface area contributed by atoms with Crippen LogP contribution in [0.4, 0.5) is 8.78 Å². The van der Waals surface area contributed by atoms with Crippen LogP contribution in [0.15, 0.2) is 24.4 Å². The molecular weight excluding hydrogens is 236 g/mol. The molecule has 2 nitrogen and oxygen atoms in total. The van der Waals surface area contributed by atoms with Crippen molar-refractivity contribution in [1.82, 2.24) is 4.98 Å². The van der Waals surface area contributed by atoms with E-state index in [1.54, 1.807) is 6.20 Å². The predicted molar refractivity (Wildman–Crippen MR) is 63.5 cm³/mol. The zero-order valence-corrected chi connectivity index (χ0v) is 9.54. The highest BCUT2D eigenvalue weighted by atomic mass is 19.1. The fourth-order valence-electron chi connectivity index (χ4n) is 2.27. The number of rotatable bonds is 3. The van der Waals surface area contributed by atoms with E-state index in [-0.39, 0.29) is 0 Å². The summed E-state index contributed by atoms with van der Waals surface area (Å²) in [6, 6.07) is 3.47. The Balaban J connectivity index is 2.16. The maximum Gasteiger partial charge on any atom is 0.151 e. The zero-order chi connectivity index (χ0) is 12.7. The Morgan fingerprint density at radius 1 is 1.28 bits per heavy atom. The molecule has 1 heterocycles. The summed E-state index contributed by atoms with van der Waals surface area (Å²) < 4.78 is 26.7. The Bertz CT molecular complexity index is 614. The zero-order valence-electron chi connectivity index (χ0n) is 9.54. The summed E-state index contributed by atoms with van der Waals surface area (Å²) in [6.45, 7) is 0. The lowest BCUT2D eigenvalue weighted by atomic mass is 10.0. The first kappa shape index (κ1) is 11.1. The third-order valence-electron chi connectivity index (χ3n) is 3.27. The summed E-state index contributed by atoms with van der Waals surface area (Å²) in [5.74, 6) is -0.904. The molecule has 1 aromatic heterocycles. The Hall–Kier alpha value is -1.97. The standard InChI is InChI=1S/C14H11F2NO/c15-10-3-4-11(12(16)5-10)14-13(8-1-2-8)9(7-18)6-17-14/h3-8,17H,1-2H2. The molecule has 0 unspecified atom stereocenters. The smallest absolute Gasteiger partial charge is 0.151 e. The highest BCUT2D eigenvalue weighted by Gasteiger charge is 2.30. The molecule has 4 heteroatoms. The fraction of sp³-hybridized carbons (Fsp3) is 0.214. The summed E-state index contributed by atoms with van der Waals surface area (Å²) in [6.07, 6.45) is 4.37. The molecule has 92 valence electrons. The van der Waals surface area contributed by atoms with Crippen molar-refractivity contribution < 1.29 is 13.6 Å². The number of carbonyl (C=O) groups excluding carboxylic acids is 1. The molecule has 0 atom stereocenters. The maximum absolute atomic E-state index is 13.8. The van der Waals surface area contributed by atoms with Gasteiger partial charge in [-0.15, -0.1) is 0 Å². The van der Waals surface area contributed by atoms with Crippen molar-refractivity contribution in [3.8, 4) is 11.3 Å². The number of aldehydes is 1. The number of nitrogens with one attached hydrogen (secondary N) is 1. The van der Waals surface area contributed by atoms with Crippen LogP contribution < -0.4 is 0 Å². The Morgan fingerprint density at radius 2 is 2.06 bits per heavy atom. The first-order chi connectivity index (χ1) is 8.70. The number of hydrogen-bond acceptors (Lipinski definition) is 1. The average Bonchev–Trinajstić information content (AvgIpc) is 3.09. The van der Waals surface area contributed by atoms with Gasteiger partial charge in [0.1, 0.15) is 11.6 Å². The summed E-state index contributed by atoms with van der Waals surface area (Å²) >= 11 is 0. The topological polar surface area (TPSA) is 32.9 Å². The summed E-state index contributed by atoms with van der Waals surface area (Å²) in [5.41, 5.74) is 2.33. The van der Waals surface area contributed by atoms with Crippen molar-refractivity contribution in [2.45, 2.75) is 18.8 Å². The van der Waals surface area contributed by atoms with Crippen LogP contribution in [0.1, 0.15) is 34.7 Å². The van der Waals surface area contributed by atoms with Gasteiger partial charge in [-0.25, -0.2) is 8.78 Å². The largest absolute Gasteiger partial charge is 0.360 e. The molecule has 1 aliphatic carbocycles. The van der Waals surface area contributed by atoms with Gasteiger partial charge >= 0.3 is 0 Å². The molecule has 0 spiro atoms. The first-order valence-electron chi connectivity index (χ1n) is 5.82. The van der Waals surface area contributed by atoms with E-state index in [4.69, 9.17) is 0 Å². The minimum absolute atomic E-state index is 0.311. The molecule has 0 amide bonds. The number of halogens is 2. The third kappa shape index (κ3) is 1.74. The molecular formula is C14H11F2NO. The number of hydrogen-bond donors (Lipinski definition) is 1. The maximum atomic E-state index is 13.8. The molecule has 1 saturated carbocycles. The van der Waals surface area contributed by atoms with Gasteiger partial charge in [0, 0.05) is 23.4 Å². The summed E-state index contributed by atoms with van der Waals surface area (Å²) in [4.78, 5) is 13.9. The van der Waals surface area contributed by atoms with Crippen LogP contribution in [0, 0.1) is 11.6 Å². The molecule has 1 N–H and O–H groups in total. The van der Waals surface area contributed by atoms with Crippen LogP contribution in [-0.2, 0) is 0 Å². The highest BCUT2D eigenvalue weighted by molar-refractivity contribution is 5.83. The van der Waals surface area contributed by atoms with Crippen LogP contribution >= 0.6 is 0 Å². The van der Waals surface area contributed by atoms with E-state index in [2.05, 4.69) is 4.98 Å². The van der Waals surface area contributed by atoms with E-state index in [1.807, 2.05) is 0 Å². The Morgan fingerprint density at radius 3 is 2.67 bits per heavy atom. The van der Waals surface area contributed by atoms with Crippen molar-refractivity contribution in [1.29, 1.82) is 0 Å². The van der Waals surface area contributed by atoms with Crippen molar-refractivity contribution in [2.75, 3.05) is 0 Å². The first-order valence-corrected chi connectivity index (χ1v) is 5.82. The van der Waals surface area contributed by atoms with Gasteiger partial charge in [-0.3, -0.25) is 4.79 Å². The average molecular weight is 247 g/mol. The van der Waals surface area contributed by atoms with E-state index < -0.39 is 11.6 Å².